The fourth-order valence-corrected chi connectivity index (χ4v) is 5.91. The van der Waals surface area contributed by atoms with Gasteiger partial charge in [-0.3, -0.25) is 4.79 Å². The van der Waals surface area contributed by atoms with Gasteiger partial charge < -0.3 is 4.90 Å². The predicted octanol–water partition coefficient (Wildman–Crippen LogP) is 2.83. The number of aryl methyl sites for hydroxylation is 1. The Kier molecular flexibility index (Phi) is 6.82. The molecule has 1 aliphatic rings. The summed E-state index contributed by atoms with van der Waals surface area (Å²) in [6.45, 7) is 5.03. The van der Waals surface area contributed by atoms with Crippen molar-refractivity contribution in [2.24, 2.45) is 0 Å². The number of rotatable bonds is 6. The third kappa shape index (κ3) is 4.60. The fourth-order valence-electron chi connectivity index (χ4n) is 4.35. The van der Waals surface area contributed by atoms with Crippen LogP contribution in [0, 0.1) is 25.2 Å². The smallest absolute Gasteiger partial charge is 0.244 e. The predicted molar refractivity (Wildman–Crippen MR) is 128 cm³/mol. The van der Waals surface area contributed by atoms with E-state index in [1.54, 1.807) is 17.0 Å². The molecule has 176 valence electrons. The monoisotopic (exact) mass is 477 g/mol. The number of carbonyl (C=O) groups is 1. The van der Waals surface area contributed by atoms with Crippen molar-refractivity contribution in [3.05, 3.63) is 77.1 Å². The first-order valence-corrected chi connectivity index (χ1v) is 12.6. The number of piperazine rings is 1. The molecular formula is C25H27N5O3S. The maximum atomic E-state index is 13.0. The van der Waals surface area contributed by atoms with E-state index in [1.165, 1.54) is 16.4 Å². The molecule has 4 rings (SSSR count). The van der Waals surface area contributed by atoms with Crippen LogP contribution in [0.25, 0.3) is 5.69 Å². The number of hydrogen-bond donors (Lipinski definition) is 0. The number of nitriles is 1. The van der Waals surface area contributed by atoms with Crippen molar-refractivity contribution in [1.29, 1.82) is 5.26 Å². The summed E-state index contributed by atoms with van der Waals surface area (Å²) < 4.78 is 29.3. The summed E-state index contributed by atoms with van der Waals surface area (Å²) in [5.74, 6) is 0.000680. The molecule has 0 N–H and O–H groups in total. The Balaban J connectivity index is 1.38. The Labute approximate surface area is 200 Å². The number of sulfonamides is 1. The van der Waals surface area contributed by atoms with Gasteiger partial charge in [-0.15, -0.1) is 0 Å². The minimum Gasteiger partial charge on any atom is -0.340 e. The largest absolute Gasteiger partial charge is 0.340 e. The van der Waals surface area contributed by atoms with Gasteiger partial charge in [0.15, 0.2) is 0 Å². The molecule has 1 aromatic heterocycles. The molecule has 0 unspecified atom stereocenters. The van der Waals surface area contributed by atoms with Crippen molar-refractivity contribution in [3.63, 3.8) is 0 Å². The Hall–Kier alpha value is -3.48. The average Bonchev–Trinajstić information content (AvgIpc) is 3.16. The molecule has 1 saturated heterocycles. The van der Waals surface area contributed by atoms with Gasteiger partial charge in [0.25, 0.3) is 0 Å². The van der Waals surface area contributed by atoms with Crippen LogP contribution in [-0.2, 0) is 21.2 Å². The number of hydrogen-bond acceptors (Lipinski definition) is 5. The number of benzene rings is 2. The molecule has 3 aromatic rings. The highest BCUT2D eigenvalue weighted by atomic mass is 32.2. The highest BCUT2D eigenvalue weighted by Crippen LogP contribution is 2.22. The van der Waals surface area contributed by atoms with Gasteiger partial charge in [0.1, 0.15) is 6.07 Å². The van der Waals surface area contributed by atoms with Crippen molar-refractivity contribution in [3.8, 4) is 11.8 Å². The molecule has 8 nitrogen and oxygen atoms in total. The number of aromatic nitrogens is 2. The summed E-state index contributed by atoms with van der Waals surface area (Å²) >= 11 is 0. The van der Waals surface area contributed by atoms with Gasteiger partial charge >= 0.3 is 0 Å². The zero-order chi connectivity index (χ0) is 24.3. The maximum absolute atomic E-state index is 13.0. The second-order valence-corrected chi connectivity index (χ2v) is 10.2. The zero-order valence-electron chi connectivity index (χ0n) is 19.3. The van der Waals surface area contributed by atoms with Crippen molar-refractivity contribution < 1.29 is 13.2 Å². The van der Waals surface area contributed by atoms with Crippen LogP contribution in [0.5, 0.6) is 0 Å². The third-order valence-electron chi connectivity index (χ3n) is 6.25. The Morgan fingerprint density at radius 1 is 1.00 bits per heavy atom. The van der Waals surface area contributed by atoms with E-state index in [-0.39, 0.29) is 29.5 Å². The van der Waals surface area contributed by atoms with Crippen molar-refractivity contribution >= 4 is 15.9 Å². The molecule has 9 heteroatoms. The van der Waals surface area contributed by atoms with E-state index >= 15 is 0 Å². The SMILES string of the molecule is Cc1nn(-c2ccccc2)c(C)c1CCC(=O)N1CCN(S(=O)(=O)c2ccccc2C#N)CC1. The quantitative estimate of drug-likeness (QED) is 0.544. The van der Waals surface area contributed by atoms with Crippen molar-refractivity contribution in [2.45, 2.75) is 31.6 Å². The van der Waals surface area contributed by atoms with E-state index in [9.17, 15) is 18.5 Å². The lowest BCUT2D eigenvalue weighted by Crippen LogP contribution is -2.50. The summed E-state index contributed by atoms with van der Waals surface area (Å²) in [7, 11) is -3.78. The lowest BCUT2D eigenvalue weighted by Gasteiger charge is -2.34. The van der Waals surface area contributed by atoms with E-state index in [0.717, 1.165) is 22.6 Å². The van der Waals surface area contributed by atoms with Gasteiger partial charge in [0.05, 0.1) is 21.8 Å². The molecule has 0 atom stereocenters. The number of para-hydroxylation sites is 1. The summed E-state index contributed by atoms with van der Waals surface area (Å²) in [5, 5.41) is 13.9. The molecule has 2 aromatic carbocycles. The number of carbonyl (C=O) groups excluding carboxylic acids is 1. The molecule has 1 amide bonds. The normalized spacial score (nSPS) is 14.7. The van der Waals surface area contributed by atoms with Crippen LogP contribution in [0.2, 0.25) is 0 Å². The van der Waals surface area contributed by atoms with Gasteiger partial charge in [0.2, 0.25) is 15.9 Å². The molecule has 1 fully saturated rings. The molecule has 34 heavy (non-hydrogen) atoms. The van der Waals surface area contributed by atoms with Crippen molar-refractivity contribution in [2.75, 3.05) is 26.2 Å². The van der Waals surface area contributed by atoms with Crippen LogP contribution in [0.15, 0.2) is 59.5 Å². The van der Waals surface area contributed by atoms with E-state index in [1.807, 2.05) is 54.9 Å². The zero-order valence-corrected chi connectivity index (χ0v) is 20.1. The minimum absolute atomic E-state index is 0.000680. The summed E-state index contributed by atoms with van der Waals surface area (Å²) in [6, 6.07) is 18.0. The van der Waals surface area contributed by atoms with Crippen LogP contribution in [0.1, 0.15) is 28.9 Å². The summed E-state index contributed by atoms with van der Waals surface area (Å²) in [6.07, 6.45) is 0.920. The summed E-state index contributed by atoms with van der Waals surface area (Å²) in [5.41, 5.74) is 4.09. The average molecular weight is 478 g/mol. The molecular weight excluding hydrogens is 450 g/mol. The van der Waals surface area contributed by atoms with Gasteiger partial charge in [-0.2, -0.15) is 14.7 Å². The lowest BCUT2D eigenvalue weighted by molar-refractivity contribution is -0.132. The van der Waals surface area contributed by atoms with E-state index in [0.29, 0.717) is 25.9 Å². The standard InChI is InChI=1S/C25H27N5O3S/c1-19-23(20(2)30(27-19)22-9-4-3-5-10-22)12-13-25(31)28-14-16-29(17-15-28)34(32,33)24-11-7-6-8-21(24)18-26/h3-11H,12-17H2,1-2H3. The number of nitrogens with zero attached hydrogens (tertiary/aromatic N) is 5. The van der Waals surface area contributed by atoms with Gasteiger partial charge in [0, 0.05) is 38.3 Å². The van der Waals surface area contributed by atoms with E-state index in [2.05, 4.69) is 5.10 Å². The summed E-state index contributed by atoms with van der Waals surface area (Å²) in [4.78, 5) is 14.6. The Morgan fingerprint density at radius 2 is 1.65 bits per heavy atom. The van der Waals surface area contributed by atoms with E-state index < -0.39 is 10.0 Å². The Morgan fingerprint density at radius 3 is 2.32 bits per heavy atom. The van der Waals surface area contributed by atoms with Gasteiger partial charge in [-0.1, -0.05) is 30.3 Å². The van der Waals surface area contributed by atoms with Crippen LogP contribution in [-0.4, -0.2) is 59.5 Å². The van der Waals surface area contributed by atoms with E-state index in [4.69, 9.17) is 0 Å². The molecule has 0 bridgehead atoms. The second kappa shape index (κ2) is 9.79. The van der Waals surface area contributed by atoms with Crippen LogP contribution < -0.4 is 0 Å². The Bertz CT molecular complexity index is 1330. The molecule has 0 saturated carbocycles. The molecule has 1 aliphatic heterocycles. The molecule has 2 heterocycles. The second-order valence-electron chi connectivity index (χ2n) is 8.29. The minimum atomic E-state index is -3.78. The topological polar surface area (TPSA) is 99.3 Å². The first-order chi connectivity index (χ1) is 16.3. The highest BCUT2D eigenvalue weighted by molar-refractivity contribution is 7.89. The van der Waals surface area contributed by atoms with Crippen molar-refractivity contribution in [1.82, 2.24) is 19.0 Å². The maximum Gasteiger partial charge on any atom is 0.244 e. The first-order valence-electron chi connectivity index (χ1n) is 11.2. The fraction of sp³-hybridized carbons (Fsp3) is 0.320. The number of amides is 1. The molecule has 0 spiro atoms. The van der Waals surface area contributed by atoms with Gasteiger partial charge in [-0.05, 0) is 50.1 Å². The molecule has 0 radical (unpaired) electrons. The highest BCUT2D eigenvalue weighted by Gasteiger charge is 2.31. The lowest BCUT2D eigenvalue weighted by atomic mass is 10.1. The van der Waals surface area contributed by atoms with Gasteiger partial charge in [-0.25, -0.2) is 13.1 Å². The third-order valence-corrected chi connectivity index (χ3v) is 8.20. The van der Waals surface area contributed by atoms with Crippen LogP contribution >= 0.6 is 0 Å². The van der Waals surface area contributed by atoms with Crippen LogP contribution in [0.3, 0.4) is 0 Å². The van der Waals surface area contributed by atoms with Crippen LogP contribution in [0.4, 0.5) is 0 Å². The first kappa shape index (κ1) is 23.7. The molecule has 0 aliphatic carbocycles.